The third-order valence-corrected chi connectivity index (χ3v) is 2.50. The SMILES string of the molecule is COC1=CC(=O)N([C@@H]2CCOC2)C1. The van der Waals surface area contributed by atoms with E-state index in [4.69, 9.17) is 9.47 Å². The first-order chi connectivity index (χ1) is 6.31. The van der Waals surface area contributed by atoms with Crippen LogP contribution in [-0.4, -0.2) is 43.7 Å². The van der Waals surface area contributed by atoms with E-state index in [1.54, 1.807) is 13.2 Å². The van der Waals surface area contributed by atoms with Gasteiger partial charge in [-0.3, -0.25) is 4.79 Å². The summed E-state index contributed by atoms with van der Waals surface area (Å²) in [6.07, 6.45) is 2.49. The van der Waals surface area contributed by atoms with Crippen LogP contribution in [0.25, 0.3) is 0 Å². The molecule has 0 N–H and O–H groups in total. The summed E-state index contributed by atoms with van der Waals surface area (Å²) in [5.74, 6) is 0.796. The lowest BCUT2D eigenvalue weighted by atomic mass is 10.2. The second-order valence-electron chi connectivity index (χ2n) is 3.30. The average Bonchev–Trinajstić information content (AvgIpc) is 2.72. The number of hydrogen-bond donors (Lipinski definition) is 0. The van der Waals surface area contributed by atoms with E-state index in [0.717, 1.165) is 18.8 Å². The van der Waals surface area contributed by atoms with Crippen LogP contribution in [0.2, 0.25) is 0 Å². The summed E-state index contributed by atoms with van der Waals surface area (Å²) >= 11 is 0. The van der Waals surface area contributed by atoms with E-state index >= 15 is 0 Å². The fraction of sp³-hybridized carbons (Fsp3) is 0.667. The molecule has 2 rings (SSSR count). The predicted molar refractivity (Wildman–Crippen MR) is 46.0 cm³/mol. The van der Waals surface area contributed by atoms with E-state index < -0.39 is 0 Å². The van der Waals surface area contributed by atoms with E-state index in [0.29, 0.717) is 13.2 Å². The minimum Gasteiger partial charge on any atom is -0.499 e. The Morgan fingerprint density at radius 3 is 3.08 bits per heavy atom. The molecule has 2 aliphatic rings. The van der Waals surface area contributed by atoms with Gasteiger partial charge in [0.1, 0.15) is 5.76 Å². The minimum atomic E-state index is 0.0485. The van der Waals surface area contributed by atoms with Crippen LogP contribution in [0.15, 0.2) is 11.8 Å². The monoisotopic (exact) mass is 183 g/mol. The maximum absolute atomic E-state index is 11.4. The molecule has 0 spiro atoms. The normalized spacial score (nSPS) is 28.1. The highest BCUT2D eigenvalue weighted by Gasteiger charge is 2.31. The van der Waals surface area contributed by atoms with Crippen LogP contribution in [0.5, 0.6) is 0 Å². The number of hydrogen-bond acceptors (Lipinski definition) is 3. The van der Waals surface area contributed by atoms with E-state index in [2.05, 4.69) is 0 Å². The molecule has 0 radical (unpaired) electrons. The molecule has 0 aromatic rings. The van der Waals surface area contributed by atoms with Gasteiger partial charge in [-0.1, -0.05) is 0 Å². The maximum atomic E-state index is 11.4. The zero-order chi connectivity index (χ0) is 9.26. The Hall–Kier alpha value is -1.03. The second-order valence-corrected chi connectivity index (χ2v) is 3.30. The van der Waals surface area contributed by atoms with Crippen molar-refractivity contribution in [1.29, 1.82) is 0 Å². The van der Waals surface area contributed by atoms with Crippen LogP contribution in [0.1, 0.15) is 6.42 Å². The van der Waals surface area contributed by atoms with Gasteiger partial charge in [0.15, 0.2) is 0 Å². The summed E-state index contributed by atoms with van der Waals surface area (Å²) in [4.78, 5) is 13.3. The van der Waals surface area contributed by atoms with Crippen LogP contribution < -0.4 is 0 Å². The Bertz CT molecular complexity index is 243. The Labute approximate surface area is 77.1 Å². The number of carbonyl (C=O) groups is 1. The van der Waals surface area contributed by atoms with Gasteiger partial charge in [-0.2, -0.15) is 0 Å². The van der Waals surface area contributed by atoms with E-state index in [9.17, 15) is 4.79 Å². The highest BCUT2D eigenvalue weighted by atomic mass is 16.5. The van der Waals surface area contributed by atoms with Crippen molar-refractivity contribution >= 4 is 5.91 Å². The molecule has 72 valence electrons. The van der Waals surface area contributed by atoms with Crippen molar-refractivity contribution in [2.45, 2.75) is 12.5 Å². The van der Waals surface area contributed by atoms with Crippen LogP contribution in [0, 0.1) is 0 Å². The molecule has 4 heteroatoms. The molecule has 1 amide bonds. The summed E-state index contributed by atoms with van der Waals surface area (Å²) < 4.78 is 10.3. The van der Waals surface area contributed by atoms with Crippen molar-refractivity contribution in [3.8, 4) is 0 Å². The van der Waals surface area contributed by atoms with Crippen molar-refractivity contribution < 1.29 is 14.3 Å². The Balaban J connectivity index is 2.00. The van der Waals surface area contributed by atoms with Gasteiger partial charge in [-0.05, 0) is 6.42 Å². The van der Waals surface area contributed by atoms with Crippen LogP contribution >= 0.6 is 0 Å². The molecule has 0 bridgehead atoms. The summed E-state index contributed by atoms with van der Waals surface area (Å²) in [5.41, 5.74) is 0. The quantitative estimate of drug-likeness (QED) is 0.611. The topological polar surface area (TPSA) is 38.8 Å². The van der Waals surface area contributed by atoms with Gasteiger partial charge in [0.2, 0.25) is 0 Å². The molecule has 2 aliphatic heterocycles. The first-order valence-corrected chi connectivity index (χ1v) is 4.44. The van der Waals surface area contributed by atoms with Crippen molar-refractivity contribution in [3.05, 3.63) is 11.8 Å². The van der Waals surface area contributed by atoms with Gasteiger partial charge in [-0.15, -0.1) is 0 Å². The molecule has 2 heterocycles. The maximum Gasteiger partial charge on any atom is 0.250 e. The predicted octanol–water partition coefficient (Wildman–Crippen LogP) is 0.148. The Morgan fingerprint density at radius 2 is 2.54 bits per heavy atom. The summed E-state index contributed by atoms with van der Waals surface area (Å²) in [6, 6.07) is 0.247. The van der Waals surface area contributed by atoms with Crippen molar-refractivity contribution in [2.24, 2.45) is 0 Å². The number of amides is 1. The van der Waals surface area contributed by atoms with Gasteiger partial charge >= 0.3 is 0 Å². The van der Waals surface area contributed by atoms with E-state index in [1.165, 1.54) is 0 Å². The summed E-state index contributed by atoms with van der Waals surface area (Å²) in [6.45, 7) is 2.02. The third-order valence-electron chi connectivity index (χ3n) is 2.50. The molecule has 0 aromatic carbocycles. The number of nitrogens with zero attached hydrogens (tertiary/aromatic N) is 1. The lowest BCUT2D eigenvalue weighted by Crippen LogP contribution is -2.37. The molecule has 1 saturated heterocycles. The highest BCUT2D eigenvalue weighted by Crippen LogP contribution is 2.19. The van der Waals surface area contributed by atoms with Gasteiger partial charge < -0.3 is 14.4 Å². The minimum absolute atomic E-state index is 0.0485. The highest BCUT2D eigenvalue weighted by molar-refractivity contribution is 5.91. The largest absolute Gasteiger partial charge is 0.499 e. The lowest BCUT2D eigenvalue weighted by molar-refractivity contribution is -0.126. The summed E-state index contributed by atoms with van der Waals surface area (Å²) in [5, 5.41) is 0. The number of methoxy groups -OCH3 is 1. The van der Waals surface area contributed by atoms with Crippen LogP contribution in [0.3, 0.4) is 0 Å². The van der Waals surface area contributed by atoms with Gasteiger partial charge in [0.25, 0.3) is 5.91 Å². The fourth-order valence-corrected chi connectivity index (χ4v) is 1.71. The van der Waals surface area contributed by atoms with Crippen LogP contribution in [0.4, 0.5) is 0 Å². The zero-order valence-electron chi connectivity index (χ0n) is 7.66. The van der Waals surface area contributed by atoms with Gasteiger partial charge in [-0.25, -0.2) is 0 Å². The van der Waals surface area contributed by atoms with Crippen molar-refractivity contribution in [1.82, 2.24) is 4.90 Å². The first kappa shape index (κ1) is 8.56. The summed E-state index contributed by atoms with van der Waals surface area (Å²) in [7, 11) is 1.59. The second kappa shape index (κ2) is 3.38. The number of rotatable bonds is 2. The fourth-order valence-electron chi connectivity index (χ4n) is 1.71. The molecule has 13 heavy (non-hydrogen) atoms. The molecular weight excluding hydrogens is 170 g/mol. The molecule has 4 nitrogen and oxygen atoms in total. The molecular formula is C9H13NO3. The zero-order valence-corrected chi connectivity index (χ0v) is 7.66. The van der Waals surface area contributed by atoms with E-state index in [-0.39, 0.29) is 11.9 Å². The standard InChI is InChI=1S/C9H13NO3/c1-12-8-4-9(11)10(5-8)7-2-3-13-6-7/h4,7H,2-3,5-6H2,1H3/t7-/m1/s1. The molecule has 1 atom stereocenters. The van der Waals surface area contributed by atoms with E-state index in [1.807, 2.05) is 4.90 Å². The lowest BCUT2D eigenvalue weighted by Gasteiger charge is -2.22. The van der Waals surface area contributed by atoms with Crippen LogP contribution in [-0.2, 0) is 14.3 Å². The van der Waals surface area contributed by atoms with Crippen molar-refractivity contribution in [2.75, 3.05) is 26.9 Å². The number of carbonyl (C=O) groups excluding carboxylic acids is 1. The Kier molecular flexibility index (Phi) is 2.22. The van der Waals surface area contributed by atoms with Crippen molar-refractivity contribution in [3.63, 3.8) is 0 Å². The molecule has 0 aromatic heterocycles. The smallest absolute Gasteiger partial charge is 0.250 e. The number of ether oxygens (including phenoxy) is 2. The first-order valence-electron chi connectivity index (χ1n) is 4.44. The van der Waals surface area contributed by atoms with Gasteiger partial charge in [0, 0.05) is 12.7 Å². The molecule has 1 fully saturated rings. The third kappa shape index (κ3) is 1.54. The van der Waals surface area contributed by atoms with Gasteiger partial charge in [0.05, 0.1) is 26.3 Å². The molecule has 0 aliphatic carbocycles. The molecule has 0 saturated carbocycles. The Morgan fingerprint density at radius 1 is 1.69 bits per heavy atom. The molecule has 0 unspecified atom stereocenters. The average molecular weight is 183 g/mol.